The predicted molar refractivity (Wildman–Crippen MR) is 74.5 cm³/mol. The zero-order valence-corrected chi connectivity index (χ0v) is 11.6. The van der Waals surface area contributed by atoms with E-state index in [1.807, 2.05) is 11.9 Å². The van der Waals surface area contributed by atoms with Gasteiger partial charge in [0.2, 0.25) is 5.82 Å². The number of hydrogen-bond donors (Lipinski definition) is 1. The molecule has 0 atom stereocenters. The van der Waals surface area contributed by atoms with Crippen LogP contribution in [-0.2, 0) is 0 Å². The topological polar surface area (TPSA) is 71.3 Å². The van der Waals surface area contributed by atoms with Crippen LogP contribution in [0.1, 0.15) is 25.3 Å². The van der Waals surface area contributed by atoms with Crippen molar-refractivity contribution < 1.29 is 4.92 Å². The van der Waals surface area contributed by atoms with Crippen molar-refractivity contribution in [2.45, 2.75) is 32.2 Å². The van der Waals surface area contributed by atoms with Gasteiger partial charge in [0.05, 0.1) is 4.92 Å². The highest BCUT2D eigenvalue weighted by Gasteiger charge is 2.32. The van der Waals surface area contributed by atoms with E-state index in [9.17, 15) is 10.1 Å². The third-order valence-electron chi connectivity index (χ3n) is 4.06. The Kier molecular flexibility index (Phi) is 3.71. The average molecular weight is 264 g/mol. The Hall–Kier alpha value is -1.69. The molecule has 1 aliphatic heterocycles. The van der Waals surface area contributed by atoms with Crippen LogP contribution in [0.4, 0.5) is 11.5 Å². The van der Waals surface area contributed by atoms with Crippen LogP contribution in [0.15, 0.2) is 12.3 Å². The first kappa shape index (κ1) is 13.7. The molecule has 0 unspecified atom stereocenters. The molecule has 0 aliphatic carbocycles. The van der Waals surface area contributed by atoms with E-state index in [4.69, 9.17) is 0 Å². The van der Waals surface area contributed by atoms with Crippen molar-refractivity contribution in [2.75, 3.05) is 25.0 Å². The molecule has 1 N–H and O–H groups in total. The Morgan fingerprint density at radius 2 is 2.11 bits per heavy atom. The standard InChI is InChI=1S/C13H20N4O2/c1-10-4-7-15-12(11(10)17(18)19)16-8-5-13(2,14-3)6-9-16/h4,7,14H,5-6,8-9H2,1-3H3. The molecule has 6 nitrogen and oxygen atoms in total. The number of anilines is 1. The molecule has 104 valence electrons. The lowest BCUT2D eigenvalue weighted by molar-refractivity contribution is -0.384. The number of aryl methyl sites for hydroxylation is 1. The largest absolute Gasteiger partial charge is 0.351 e. The zero-order valence-electron chi connectivity index (χ0n) is 11.6. The molecule has 6 heteroatoms. The lowest BCUT2D eigenvalue weighted by Gasteiger charge is -2.39. The van der Waals surface area contributed by atoms with E-state index in [0.717, 1.165) is 25.9 Å². The van der Waals surface area contributed by atoms with E-state index in [0.29, 0.717) is 11.4 Å². The van der Waals surface area contributed by atoms with Gasteiger partial charge in [0, 0.05) is 30.4 Å². The second kappa shape index (κ2) is 5.13. The summed E-state index contributed by atoms with van der Waals surface area (Å²) in [6.45, 7) is 5.51. The predicted octanol–water partition coefficient (Wildman–Crippen LogP) is 1.88. The fourth-order valence-electron chi connectivity index (χ4n) is 2.46. The Labute approximate surface area is 113 Å². The smallest absolute Gasteiger partial charge is 0.314 e. The van der Waals surface area contributed by atoms with Crippen LogP contribution in [0, 0.1) is 17.0 Å². The van der Waals surface area contributed by atoms with Gasteiger partial charge in [0.1, 0.15) is 0 Å². The van der Waals surface area contributed by atoms with Crippen molar-refractivity contribution in [1.29, 1.82) is 0 Å². The molecule has 19 heavy (non-hydrogen) atoms. The summed E-state index contributed by atoms with van der Waals surface area (Å²) in [5, 5.41) is 14.5. The summed E-state index contributed by atoms with van der Waals surface area (Å²) in [5.74, 6) is 0.503. The van der Waals surface area contributed by atoms with Crippen LogP contribution < -0.4 is 10.2 Å². The maximum atomic E-state index is 11.2. The molecule has 0 amide bonds. The second-order valence-corrected chi connectivity index (χ2v) is 5.35. The summed E-state index contributed by atoms with van der Waals surface area (Å²) in [6, 6.07) is 1.68. The monoisotopic (exact) mass is 264 g/mol. The van der Waals surface area contributed by atoms with Gasteiger partial charge in [0.25, 0.3) is 0 Å². The van der Waals surface area contributed by atoms with Crippen molar-refractivity contribution >= 4 is 11.5 Å². The number of nitro groups is 1. The lowest BCUT2D eigenvalue weighted by atomic mass is 9.90. The van der Waals surface area contributed by atoms with Crippen LogP contribution in [0.2, 0.25) is 0 Å². The van der Waals surface area contributed by atoms with E-state index in [2.05, 4.69) is 17.2 Å². The molecule has 1 aromatic rings. The number of nitrogens with zero attached hydrogens (tertiary/aromatic N) is 3. The highest BCUT2D eigenvalue weighted by Crippen LogP contribution is 2.32. The van der Waals surface area contributed by atoms with Crippen LogP contribution in [0.3, 0.4) is 0 Å². The molecule has 1 aliphatic rings. The van der Waals surface area contributed by atoms with E-state index < -0.39 is 0 Å². The Morgan fingerprint density at radius 1 is 1.47 bits per heavy atom. The number of piperidine rings is 1. The molecule has 1 aromatic heterocycles. The van der Waals surface area contributed by atoms with Crippen molar-refractivity contribution in [3.05, 3.63) is 27.9 Å². The lowest BCUT2D eigenvalue weighted by Crippen LogP contribution is -2.50. The van der Waals surface area contributed by atoms with Crippen molar-refractivity contribution in [2.24, 2.45) is 0 Å². The van der Waals surface area contributed by atoms with Gasteiger partial charge < -0.3 is 10.2 Å². The summed E-state index contributed by atoms with van der Waals surface area (Å²) in [6.07, 6.45) is 3.55. The molecule has 2 heterocycles. The molecule has 2 rings (SSSR count). The zero-order chi connectivity index (χ0) is 14.0. The van der Waals surface area contributed by atoms with Crippen molar-refractivity contribution in [3.63, 3.8) is 0 Å². The maximum absolute atomic E-state index is 11.2. The summed E-state index contributed by atoms with van der Waals surface area (Å²) in [7, 11) is 1.96. The first-order valence-electron chi connectivity index (χ1n) is 6.51. The number of rotatable bonds is 3. The van der Waals surface area contributed by atoms with Gasteiger partial charge in [-0.15, -0.1) is 0 Å². The summed E-state index contributed by atoms with van der Waals surface area (Å²) in [4.78, 5) is 17.1. The first-order chi connectivity index (χ1) is 8.97. The molecular weight excluding hydrogens is 244 g/mol. The van der Waals surface area contributed by atoms with Crippen molar-refractivity contribution in [1.82, 2.24) is 10.3 Å². The van der Waals surface area contributed by atoms with E-state index in [1.54, 1.807) is 19.2 Å². The van der Waals surface area contributed by atoms with Gasteiger partial charge in [-0.25, -0.2) is 4.98 Å². The normalized spacial score (nSPS) is 18.4. The van der Waals surface area contributed by atoms with Gasteiger partial charge in [0.15, 0.2) is 0 Å². The van der Waals surface area contributed by atoms with Crippen LogP contribution in [0.25, 0.3) is 0 Å². The average Bonchev–Trinajstić information content (AvgIpc) is 2.39. The van der Waals surface area contributed by atoms with Gasteiger partial charge >= 0.3 is 5.69 Å². The minimum atomic E-state index is -0.330. The highest BCUT2D eigenvalue weighted by molar-refractivity contribution is 5.61. The van der Waals surface area contributed by atoms with Crippen LogP contribution in [-0.4, -0.2) is 35.6 Å². The Morgan fingerprint density at radius 3 is 2.63 bits per heavy atom. The van der Waals surface area contributed by atoms with Crippen molar-refractivity contribution in [3.8, 4) is 0 Å². The fourth-order valence-corrected chi connectivity index (χ4v) is 2.46. The molecular formula is C13H20N4O2. The van der Waals surface area contributed by atoms with E-state index in [1.165, 1.54) is 0 Å². The first-order valence-corrected chi connectivity index (χ1v) is 6.51. The number of pyridine rings is 1. The van der Waals surface area contributed by atoms with Gasteiger partial charge in [-0.2, -0.15) is 0 Å². The van der Waals surface area contributed by atoms with E-state index in [-0.39, 0.29) is 16.1 Å². The third-order valence-corrected chi connectivity index (χ3v) is 4.06. The number of hydrogen-bond acceptors (Lipinski definition) is 5. The molecule has 1 saturated heterocycles. The maximum Gasteiger partial charge on any atom is 0.314 e. The Balaban J connectivity index is 2.25. The number of aromatic nitrogens is 1. The van der Waals surface area contributed by atoms with Gasteiger partial charge in [-0.3, -0.25) is 10.1 Å². The quantitative estimate of drug-likeness (QED) is 0.666. The van der Waals surface area contributed by atoms with E-state index >= 15 is 0 Å². The highest BCUT2D eigenvalue weighted by atomic mass is 16.6. The van der Waals surface area contributed by atoms with Gasteiger partial charge in [-0.05, 0) is 39.8 Å². The SMILES string of the molecule is CNC1(C)CCN(c2nccc(C)c2[N+](=O)[O-])CC1. The molecule has 0 bridgehead atoms. The minimum absolute atomic E-state index is 0.120. The summed E-state index contributed by atoms with van der Waals surface area (Å²) in [5.41, 5.74) is 0.919. The fraction of sp³-hybridized carbons (Fsp3) is 0.615. The molecule has 0 saturated carbocycles. The molecule has 0 spiro atoms. The summed E-state index contributed by atoms with van der Waals surface area (Å²) >= 11 is 0. The summed E-state index contributed by atoms with van der Waals surface area (Å²) < 4.78 is 0. The van der Waals surface area contributed by atoms with Crippen LogP contribution in [0.5, 0.6) is 0 Å². The third kappa shape index (κ3) is 2.68. The second-order valence-electron chi connectivity index (χ2n) is 5.35. The number of nitrogens with one attached hydrogen (secondary N) is 1. The molecule has 1 fully saturated rings. The van der Waals surface area contributed by atoms with Crippen LogP contribution >= 0.6 is 0 Å². The Bertz CT molecular complexity index is 482. The van der Waals surface area contributed by atoms with Gasteiger partial charge in [-0.1, -0.05) is 0 Å². The molecule has 0 aromatic carbocycles. The molecule has 0 radical (unpaired) electrons. The minimum Gasteiger partial charge on any atom is -0.351 e.